The summed E-state index contributed by atoms with van der Waals surface area (Å²) < 4.78 is 12.8. The molecule has 0 heterocycles. The van der Waals surface area contributed by atoms with Gasteiger partial charge in [0, 0.05) is 27.8 Å². The van der Waals surface area contributed by atoms with Crippen LogP contribution in [0.5, 0.6) is 5.75 Å². The van der Waals surface area contributed by atoms with Gasteiger partial charge in [-0.25, -0.2) is 0 Å². The van der Waals surface area contributed by atoms with E-state index in [2.05, 4.69) is 315 Å². The molecule has 6 aromatic carbocycles. The van der Waals surface area contributed by atoms with Gasteiger partial charge >= 0.3 is 37.9 Å². The third-order valence-corrected chi connectivity index (χ3v) is 35.1. The molecular weight excluding hydrogens is 1430 g/mol. The molecule has 0 bridgehead atoms. The third-order valence-electron chi connectivity index (χ3n) is 25.2. The molecule has 6 aliphatic rings. The van der Waals surface area contributed by atoms with Crippen molar-refractivity contribution in [2.24, 2.45) is 46.3 Å². The molecule has 2 fully saturated rings. The number of ether oxygens (including phenoxy) is 2. The average molecular weight is 1560 g/mol. The molecule has 12 rings (SSSR count). The van der Waals surface area contributed by atoms with Crippen molar-refractivity contribution in [2.45, 2.75) is 252 Å². The van der Waals surface area contributed by atoms with Gasteiger partial charge in [-0.05, 0) is 248 Å². The molecule has 6 aromatic rings. The summed E-state index contributed by atoms with van der Waals surface area (Å²) >= 11 is -0.826. The Bertz CT molecular complexity index is 4430. The van der Waals surface area contributed by atoms with E-state index < -0.39 is 37.0 Å². The fourth-order valence-electron chi connectivity index (χ4n) is 22.4. The average Bonchev–Trinajstić information content (AvgIpc) is 1.58. The first kappa shape index (κ1) is 85.9. The zero-order valence-electron chi connectivity index (χ0n) is 71.7. The molecule has 2 saturated carbocycles. The topological polar surface area (TPSA) is 18.5 Å². The Kier molecular flexibility index (Phi) is 25.8. The number of methoxy groups -OCH3 is 2. The van der Waals surface area contributed by atoms with E-state index in [0.717, 1.165) is 22.6 Å². The van der Waals surface area contributed by atoms with Crippen LogP contribution in [-0.2, 0) is 36.4 Å². The van der Waals surface area contributed by atoms with E-state index in [1.807, 2.05) is 14.2 Å². The predicted molar refractivity (Wildman–Crippen MR) is 466 cm³/mol. The first-order valence-electron chi connectivity index (χ1n) is 38.8. The Hall–Kier alpha value is -4.74. The van der Waals surface area contributed by atoms with Crippen LogP contribution in [0.3, 0.4) is 0 Å². The number of aryl methyl sites for hydroxylation is 8. The summed E-state index contributed by atoms with van der Waals surface area (Å²) in [5, 5.41) is 0. The number of allylic oxidation sites excluding steroid dienone is 9. The maximum absolute atomic E-state index is 6.46. The standard InChI is InChI=1S/C48H68OSi.C48H60OSi.2CH3.2ClH.Zr/c2*1-27-17-28(2)20-34(19-27)42-33(7)40(47(8,9)10)25-38-36(42)23-31(5)45(38)50(15,16)46-32(6)24-37-39(46)26-41(48(11,12)13)44(49-14)43(37)35-21-29(3)18-30(4)22-35;;;;;/h17-22,25-26,31-32,36-39,45-46H,23-24H2,1-16H3;17-26,45-46H,1-16H3;2*1H3;2*1H;/q;;2*-1;;;+4/p-2. The van der Waals surface area contributed by atoms with E-state index in [1.54, 1.807) is 22.3 Å². The van der Waals surface area contributed by atoms with Crippen LogP contribution < -0.4 is 4.74 Å². The molecule has 0 radical (unpaired) electrons. The van der Waals surface area contributed by atoms with Crippen LogP contribution in [0.2, 0.25) is 37.3 Å². The van der Waals surface area contributed by atoms with Gasteiger partial charge in [-0.2, -0.15) is 0 Å². The minimum absolute atomic E-state index is 0. The van der Waals surface area contributed by atoms with Crippen molar-refractivity contribution in [3.8, 4) is 28.0 Å². The Labute approximate surface area is 662 Å². The molecule has 0 saturated heterocycles. The van der Waals surface area contributed by atoms with E-state index in [-0.39, 0.29) is 36.5 Å². The number of rotatable bonds is 10. The number of fused-ring (bicyclic) bond motifs is 4. The fourth-order valence-corrected chi connectivity index (χ4v) is 33.6. The van der Waals surface area contributed by atoms with Gasteiger partial charge in [0.2, 0.25) is 0 Å². The Morgan fingerprint density at radius 1 is 0.410 bits per heavy atom. The summed E-state index contributed by atoms with van der Waals surface area (Å²) in [6.07, 6.45) is 13.2. The summed E-state index contributed by atoms with van der Waals surface area (Å²) in [7, 11) is 9.60. The van der Waals surface area contributed by atoms with E-state index in [9.17, 15) is 0 Å². The van der Waals surface area contributed by atoms with Gasteiger partial charge in [-0.1, -0.05) is 288 Å². The molecule has 7 heteroatoms. The fraction of sp³-hybridized carbons (Fsp3) is 0.490. The zero-order valence-corrected chi connectivity index (χ0v) is 77.6. The van der Waals surface area contributed by atoms with Crippen molar-refractivity contribution < 1.29 is 30.3 Å². The maximum atomic E-state index is 6.46. The Morgan fingerprint density at radius 2 is 0.743 bits per heavy atom. The van der Waals surface area contributed by atoms with E-state index in [0.29, 0.717) is 46.6 Å². The Morgan fingerprint density at radius 3 is 1.10 bits per heavy atom. The summed E-state index contributed by atoms with van der Waals surface area (Å²) in [4.78, 5) is 0. The third kappa shape index (κ3) is 16.4. The molecule has 0 aromatic heterocycles. The van der Waals surface area contributed by atoms with Gasteiger partial charge in [0.1, 0.15) is 11.5 Å². The van der Waals surface area contributed by atoms with Crippen LogP contribution in [0, 0.1) is 124 Å². The number of hydrogen-bond acceptors (Lipinski definition) is 2. The van der Waals surface area contributed by atoms with Crippen LogP contribution in [0.1, 0.15) is 236 Å². The first-order valence-corrected chi connectivity index (χ1v) is 51.4. The van der Waals surface area contributed by atoms with Gasteiger partial charge in [0.05, 0.1) is 30.4 Å². The predicted octanol–water partition coefficient (Wildman–Crippen LogP) is 29.6. The molecule has 105 heavy (non-hydrogen) atoms. The van der Waals surface area contributed by atoms with Crippen LogP contribution in [0.25, 0.3) is 45.6 Å². The Balaban J connectivity index is 0.000000251. The summed E-state index contributed by atoms with van der Waals surface area (Å²) in [5.74, 6) is 5.80. The second-order valence-corrected chi connectivity index (χ2v) is 52.1. The van der Waals surface area contributed by atoms with Crippen molar-refractivity contribution in [3.05, 3.63) is 240 Å². The molecule has 564 valence electrons. The van der Waals surface area contributed by atoms with Crippen LogP contribution in [-0.4, -0.2) is 30.4 Å². The van der Waals surface area contributed by atoms with Crippen molar-refractivity contribution in [3.63, 3.8) is 0 Å². The van der Waals surface area contributed by atoms with Gasteiger partial charge in [0.25, 0.3) is 0 Å². The molecule has 0 spiro atoms. The minimum atomic E-state index is -2.14. The van der Waals surface area contributed by atoms with Gasteiger partial charge in [-0.3, -0.25) is 0 Å². The molecule has 6 aliphatic carbocycles. The molecule has 0 aliphatic heterocycles. The second-order valence-electron chi connectivity index (χ2n) is 38.6. The van der Waals surface area contributed by atoms with E-state index in [1.165, 1.54) is 146 Å². The molecule has 0 amide bonds. The van der Waals surface area contributed by atoms with E-state index >= 15 is 0 Å². The normalized spacial score (nSPS) is 22.8. The number of hydrogen-bond donors (Lipinski definition) is 0. The monoisotopic (exact) mass is 1560 g/mol. The molecule has 2 nitrogen and oxygen atoms in total. The summed E-state index contributed by atoms with van der Waals surface area (Å²) in [6.45, 7) is 72.5. The summed E-state index contributed by atoms with van der Waals surface area (Å²) in [6, 6.07) is 33.7. The number of benzene rings is 6. The van der Waals surface area contributed by atoms with Crippen LogP contribution in [0.15, 0.2) is 131 Å². The van der Waals surface area contributed by atoms with Gasteiger partial charge < -0.3 is 24.3 Å². The van der Waals surface area contributed by atoms with Crippen LogP contribution >= 0.6 is 17.0 Å². The molecule has 10 atom stereocenters. The number of halogens is 2. The van der Waals surface area contributed by atoms with Crippen molar-refractivity contribution in [1.29, 1.82) is 0 Å². The van der Waals surface area contributed by atoms with Crippen molar-refractivity contribution >= 4 is 56.5 Å². The second kappa shape index (κ2) is 31.6. The quantitative estimate of drug-likeness (QED) is 0.101. The van der Waals surface area contributed by atoms with E-state index in [4.69, 9.17) is 26.5 Å². The van der Waals surface area contributed by atoms with Crippen LogP contribution in [0.4, 0.5) is 0 Å². The molecule has 0 N–H and O–H groups in total. The SMILES string of the molecule is COC1=C(c2cc(C)cc(C)c2)C2CC(C)C([Si](C)(C)C3C(C)CC4C(c5cc(C)cc(C)c5)=C(C)C(C(C)(C)C)=CC43)C2C=C1C(C)(C)C.COc1c(C(C)(C)C)cc2c(c1-c1cc(C)cc(C)c1)C=C(C)C2[Si](C)(C)C1C(C)=Cc2c1cc(C(C)(C)C)c(C)c2-c1cc(C)cc(C)c1.[CH3-].[CH3-].[Cl][Zr+2][Cl]. The van der Waals surface area contributed by atoms with Crippen molar-refractivity contribution in [1.82, 2.24) is 0 Å². The van der Waals surface area contributed by atoms with Crippen molar-refractivity contribution in [2.75, 3.05) is 14.2 Å². The van der Waals surface area contributed by atoms with Gasteiger partial charge in [-0.15, -0.1) is 0 Å². The van der Waals surface area contributed by atoms with Gasteiger partial charge in [0.15, 0.2) is 0 Å². The zero-order chi connectivity index (χ0) is 76.4. The summed E-state index contributed by atoms with van der Waals surface area (Å²) in [5.41, 5.74) is 41.9. The molecular formula is C98H134Cl2O2Si2Zr. The first-order chi connectivity index (χ1) is 47.7. The molecule has 10 unspecified atom stereocenters.